The van der Waals surface area contributed by atoms with Crippen molar-refractivity contribution in [1.29, 1.82) is 0 Å². The van der Waals surface area contributed by atoms with Gasteiger partial charge in [0.05, 0.1) is 13.2 Å². The van der Waals surface area contributed by atoms with Crippen LogP contribution in [0.5, 0.6) is 0 Å². The van der Waals surface area contributed by atoms with Crippen molar-refractivity contribution >= 4 is 7.82 Å². The summed E-state index contributed by atoms with van der Waals surface area (Å²) in [5.41, 5.74) is 0. The highest BCUT2D eigenvalue weighted by molar-refractivity contribution is 7.48. The van der Waals surface area contributed by atoms with Gasteiger partial charge in [0, 0.05) is 0 Å². The van der Waals surface area contributed by atoms with Crippen LogP contribution in [0.4, 0.5) is 0 Å². The monoisotopic (exact) mass is 344 g/mol. The number of phosphoric acid groups is 1. The molecule has 0 aliphatic carbocycles. The van der Waals surface area contributed by atoms with Crippen molar-refractivity contribution in [1.82, 2.24) is 0 Å². The summed E-state index contributed by atoms with van der Waals surface area (Å²) in [6.07, 6.45) is 9.28. The minimum atomic E-state index is -4.02. The van der Waals surface area contributed by atoms with E-state index in [1.807, 2.05) is 0 Å². The maximum absolute atomic E-state index is 11.9. The Morgan fingerprint density at radius 1 is 0.909 bits per heavy atom. The van der Waals surface area contributed by atoms with E-state index in [0.29, 0.717) is 0 Å². The molecule has 0 bridgehead atoms. The molecule has 22 heavy (non-hydrogen) atoms. The standard InChI is InChI=1S/C12H25O9P/c1-2-3-4-5-6-7-8-9-10-15-20-22(13)16-12-11-14-17-18-19-21-22/h2-12H2,1H3. The van der Waals surface area contributed by atoms with Crippen LogP contribution in [-0.2, 0) is 43.3 Å². The van der Waals surface area contributed by atoms with Gasteiger partial charge in [-0.05, 0) is 21.5 Å². The first kappa shape index (κ1) is 20.0. The number of hydrogen-bond acceptors (Lipinski definition) is 9. The molecular weight excluding hydrogens is 319 g/mol. The third kappa shape index (κ3) is 10.6. The van der Waals surface area contributed by atoms with Crippen molar-refractivity contribution in [3.63, 3.8) is 0 Å². The second-order valence-corrected chi connectivity index (χ2v) is 6.20. The van der Waals surface area contributed by atoms with Crippen LogP contribution >= 0.6 is 7.82 Å². The molecule has 0 aromatic carbocycles. The van der Waals surface area contributed by atoms with Gasteiger partial charge in [0.25, 0.3) is 0 Å². The molecule has 1 saturated heterocycles. The Balaban J connectivity index is 1.98. The van der Waals surface area contributed by atoms with Crippen LogP contribution in [0.25, 0.3) is 0 Å². The number of rotatable bonds is 11. The molecule has 1 rings (SSSR count). The average molecular weight is 344 g/mol. The molecule has 0 amide bonds. The summed E-state index contributed by atoms with van der Waals surface area (Å²) in [4.78, 5) is 9.21. The van der Waals surface area contributed by atoms with E-state index >= 15 is 0 Å². The highest BCUT2D eigenvalue weighted by Gasteiger charge is 2.32. The molecule has 0 saturated carbocycles. The SMILES string of the molecule is CCCCCCCCCCOOP1(=O)OCCOOOOO1. The lowest BCUT2D eigenvalue weighted by molar-refractivity contribution is -0.692. The molecule has 10 heteroatoms. The van der Waals surface area contributed by atoms with Gasteiger partial charge in [0.15, 0.2) is 0 Å². The van der Waals surface area contributed by atoms with Crippen molar-refractivity contribution in [2.24, 2.45) is 0 Å². The zero-order chi connectivity index (χ0) is 15.9. The van der Waals surface area contributed by atoms with Crippen molar-refractivity contribution in [2.75, 3.05) is 19.8 Å². The van der Waals surface area contributed by atoms with E-state index < -0.39 is 7.82 Å². The Bertz CT molecular complexity index is 288. The predicted octanol–water partition coefficient (Wildman–Crippen LogP) is 3.96. The minimum absolute atomic E-state index is 0.0436. The van der Waals surface area contributed by atoms with E-state index in [1.165, 1.54) is 32.1 Å². The van der Waals surface area contributed by atoms with Gasteiger partial charge in [-0.25, -0.2) is 14.3 Å². The molecule has 0 N–H and O–H groups in total. The summed E-state index contributed by atoms with van der Waals surface area (Å²) in [6, 6.07) is 0. The molecule has 0 aromatic heterocycles. The Kier molecular flexibility index (Phi) is 12.1. The van der Waals surface area contributed by atoms with Gasteiger partial charge >= 0.3 is 7.82 Å². The van der Waals surface area contributed by atoms with Crippen LogP contribution in [-0.4, -0.2) is 19.8 Å². The third-order valence-corrected chi connectivity index (χ3v) is 3.90. The van der Waals surface area contributed by atoms with E-state index in [2.05, 4.69) is 36.3 Å². The second-order valence-electron chi connectivity index (χ2n) is 4.75. The van der Waals surface area contributed by atoms with Gasteiger partial charge in [0.2, 0.25) is 0 Å². The largest absolute Gasteiger partial charge is 0.531 e. The molecule has 1 atom stereocenters. The molecule has 1 fully saturated rings. The second kappa shape index (κ2) is 13.4. The van der Waals surface area contributed by atoms with E-state index in [0.717, 1.165) is 19.3 Å². The van der Waals surface area contributed by atoms with E-state index in [-0.39, 0.29) is 19.8 Å². The molecule has 1 aliphatic heterocycles. The first-order chi connectivity index (χ1) is 10.8. The number of unbranched alkanes of at least 4 members (excludes halogenated alkanes) is 7. The molecule has 132 valence electrons. The summed E-state index contributed by atoms with van der Waals surface area (Å²) in [5.74, 6) is 0. The topological polar surface area (TPSA) is 90.9 Å². The van der Waals surface area contributed by atoms with Gasteiger partial charge in [-0.2, -0.15) is 0 Å². The zero-order valence-corrected chi connectivity index (χ0v) is 13.8. The van der Waals surface area contributed by atoms with Crippen LogP contribution in [0, 0.1) is 0 Å². The minimum Gasteiger partial charge on any atom is -0.281 e. The summed E-state index contributed by atoms with van der Waals surface area (Å²) in [6.45, 7) is 2.33. The maximum atomic E-state index is 11.9. The van der Waals surface area contributed by atoms with Crippen molar-refractivity contribution < 1.29 is 43.3 Å². The maximum Gasteiger partial charge on any atom is 0.531 e. The Labute approximate surface area is 130 Å². The van der Waals surface area contributed by atoms with Crippen molar-refractivity contribution in [3.8, 4) is 0 Å². The summed E-state index contributed by atoms with van der Waals surface area (Å²) in [5, 5.41) is 11.9. The van der Waals surface area contributed by atoms with E-state index in [1.54, 1.807) is 0 Å². The zero-order valence-electron chi connectivity index (χ0n) is 12.9. The van der Waals surface area contributed by atoms with Gasteiger partial charge < -0.3 is 0 Å². The van der Waals surface area contributed by atoms with Crippen LogP contribution in [0.1, 0.15) is 58.3 Å². The molecule has 1 unspecified atom stereocenters. The Morgan fingerprint density at radius 2 is 1.64 bits per heavy atom. The Morgan fingerprint density at radius 3 is 2.41 bits per heavy atom. The molecule has 1 heterocycles. The molecule has 0 aromatic rings. The lowest BCUT2D eigenvalue weighted by Gasteiger charge is -2.12. The van der Waals surface area contributed by atoms with E-state index in [9.17, 15) is 4.57 Å². The third-order valence-electron chi connectivity index (χ3n) is 2.87. The smallest absolute Gasteiger partial charge is 0.281 e. The number of hydrogen-bond donors (Lipinski definition) is 0. The van der Waals surface area contributed by atoms with Gasteiger partial charge in [-0.3, -0.25) is 4.52 Å². The van der Waals surface area contributed by atoms with E-state index in [4.69, 9.17) is 9.41 Å². The van der Waals surface area contributed by atoms with Crippen LogP contribution in [0.3, 0.4) is 0 Å². The fraction of sp³-hybridized carbons (Fsp3) is 1.00. The average Bonchev–Trinajstić information content (AvgIpc) is 2.62. The molecule has 0 radical (unpaired) electrons. The highest BCUT2D eigenvalue weighted by atomic mass is 31.2. The van der Waals surface area contributed by atoms with Gasteiger partial charge in [0.1, 0.15) is 6.61 Å². The summed E-state index contributed by atoms with van der Waals surface area (Å²) < 4.78 is 25.6. The first-order valence-electron chi connectivity index (χ1n) is 7.64. The first-order valence-corrected chi connectivity index (χ1v) is 9.10. The quantitative estimate of drug-likeness (QED) is 0.239. The van der Waals surface area contributed by atoms with Crippen LogP contribution in [0.15, 0.2) is 0 Å². The summed E-state index contributed by atoms with van der Waals surface area (Å²) >= 11 is 0. The van der Waals surface area contributed by atoms with Gasteiger partial charge in [-0.15, -0.1) is 4.67 Å². The van der Waals surface area contributed by atoms with Crippen LogP contribution < -0.4 is 0 Å². The molecule has 0 spiro atoms. The fourth-order valence-corrected chi connectivity index (χ4v) is 2.46. The lowest BCUT2D eigenvalue weighted by atomic mass is 10.1. The van der Waals surface area contributed by atoms with Crippen molar-refractivity contribution in [3.05, 3.63) is 0 Å². The molecule has 9 nitrogen and oxygen atoms in total. The van der Waals surface area contributed by atoms with Crippen LogP contribution in [0.2, 0.25) is 0 Å². The summed E-state index contributed by atoms with van der Waals surface area (Å²) in [7, 11) is -4.02. The lowest BCUT2D eigenvalue weighted by Crippen LogP contribution is -2.04. The van der Waals surface area contributed by atoms with Gasteiger partial charge in [-0.1, -0.05) is 56.5 Å². The Hall–Kier alpha value is -0.0900. The molecule has 1 aliphatic rings. The molecular formula is C12H25O9P. The van der Waals surface area contributed by atoms with Crippen molar-refractivity contribution in [2.45, 2.75) is 58.3 Å². The normalized spacial score (nSPS) is 23.7. The fourth-order valence-electron chi connectivity index (χ4n) is 1.75. The highest BCUT2D eigenvalue weighted by Crippen LogP contribution is 2.50. The predicted molar refractivity (Wildman–Crippen MR) is 73.5 cm³/mol.